The van der Waals surface area contributed by atoms with Crippen molar-refractivity contribution >= 4 is 5.97 Å². The topological polar surface area (TPSA) is 55.6 Å². The Labute approximate surface area is 120 Å². The van der Waals surface area contributed by atoms with Crippen LogP contribution in [0.4, 0.5) is 0 Å². The summed E-state index contributed by atoms with van der Waals surface area (Å²) in [4.78, 5) is 14.0. The van der Waals surface area contributed by atoms with Crippen LogP contribution in [-0.4, -0.2) is 37.1 Å². The molecule has 1 saturated heterocycles. The van der Waals surface area contributed by atoms with Crippen LogP contribution in [0.2, 0.25) is 0 Å². The second-order valence-corrected chi connectivity index (χ2v) is 5.65. The highest BCUT2D eigenvalue weighted by Gasteiger charge is 2.24. The van der Waals surface area contributed by atoms with E-state index in [4.69, 9.17) is 10.5 Å². The summed E-state index contributed by atoms with van der Waals surface area (Å²) >= 11 is 0. The standard InChI is InChI=1S/C16H24N2O2/c1-12-6-7-14(9-17)11-18(12)10-13-4-3-5-15(8-13)16(19)20-2/h3-5,8,12,14H,6-7,9-11,17H2,1-2H3. The number of hydrogen-bond donors (Lipinski definition) is 1. The molecule has 0 amide bonds. The average molecular weight is 276 g/mol. The van der Waals surface area contributed by atoms with Crippen LogP contribution < -0.4 is 5.73 Å². The van der Waals surface area contributed by atoms with E-state index in [1.807, 2.05) is 12.1 Å². The van der Waals surface area contributed by atoms with Crippen LogP contribution in [0.1, 0.15) is 35.7 Å². The van der Waals surface area contributed by atoms with Gasteiger partial charge in [0.2, 0.25) is 0 Å². The zero-order valence-electron chi connectivity index (χ0n) is 12.3. The molecule has 1 fully saturated rings. The number of carbonyl (C=O) groups excluding carboxylic acids is 1. The van der Waals surface area contributed by atoms with Gasteiger partial charge in [0.05, 0.1) is 12.7 Å². The molecule has 0 bridgehead atoms. The molecule has 2 unspecified atom stereocenters. The molecule has 2 N–H and O–H groups in total. The summed E-state index contributed by atoms with van der Waals surface area (Å²) in [5.74, 6) is 0.313. The van der Waals surface area contributed by atoms with Crippen LogP contribution in [0.5, 0.6) is 0 Å². The Morgan fingerprint density at radius 3 is 2.95 bits per heavy atom. The van der Waals surface area contributed by atoms with Gasteiger partial charge in [0.15, 0.2) is 0 Å². The predicted octanol–water partition coefficient (Wildman–Crippen LogP) is 2.03. The normalized spacial score (nSPS) is 23.6. The number of methoxy groups -OCH3 is 1. The van der Waals surface area contributed by atoms with Gasteiger partial charge in [0, 0.05) is 19.1 Å². The first-order chi connectivity index (χ1) is 9.63. The first kappa shape index (κ1) is 15.0. The molecular formula is C16H24N2O2. The smallest absolute Gasteiger partial charge is 0.337 e. The fraction of sp³-hybridized carbons (Fsp3) is 0.562. The zero-order chi connectivity index (χ0) is 14.5. The number of piperidine rings is 1. The Balaban J connectivity index is 2.06. The molecule has 4 heteroatoms. The van der Waals surface area contributed by atoms with Crippen LogP contribution in [0.15, 0.2) is 24.3 Å². The highest BCUT2D eigenvalue weighted by molar-refractivity contribution is 5.89. The van der Waals surface area contributed by atoms with E-state index in [0.717, 1.165) is 25.2 Å². The Bertz CT molecular complexity index is 462. The molecule has 0 aromatic heterocycles. The lowest BCUT2D eigenvalue weighted by Gasteiger charge is -2.37. The van der Waals surface area contributed by atoms with Crippen LogP contribution in [0.25, 0.3) is 0 Å². The second-order valence-electron chi connectivity index (χ2n) is 5.65. The highest BCUT2D eigenvalue weighted by Crippen LogP contribution is 2.23. The van der Waals surface area contributed by atoms with Crippen molar-refractivity contribution in [3.63, 3.8) is 0 Å². The highest BCUT2D eigenvalue weighted by atomic mass is 16.5. The lowest BCUT2D eigenvalue weighted by atomic mass is 9.93. The summed E-state index contributed by atoms with van der Waals surface area (Å²) in [6.45, 7) is 4.92. The summed E-state index contributed by atoms with van der Waals surface area (Å²) in [7, 11) is 1.41. The molecule has 0 aliphatic carbocycles. The largest absolute Gasteiger partial charge is 0.465 e. The summed E-state index contributed by atoms with van der Waals surface area (Å²) in [6, 6.07) is 8.25. The van der Waals surface area contributed by atoms with Gasteiger partial charge in [-0.3, -0.25) is 4.90 Å². The molecule has 0 radical (unpaired) electrons. The maximum atomic E-state index is 11.6. The molecule has 0 saturated carbocycles. The van der Waals surface area contributed by atoms with Gasteiger partial charge in [0.25, 0.3) is 0 Å². The van der Waals surface area contributed by atoms with Crippen molar-refractivity contribution in [1.82, 2.24) is 4.90 Å². The van der Waals surface area contributed by atoms with E-state index in [9.17, 15) is 4.79 Å². The molecule has 2 atom stereocenters. The van der Waals surface area contributed by atoms with Crippen LogP contribution in [0.3, 0.4) is 0 Å². The molecule has 20 heavy (non-hydrogen) atoms. The number of esters is 1. The SMILES string of the molecule is COC(=O)c1cccc(CN2CC(CN)CCC2C)c1. The van der Waals surface area contributed by atoms with E-state index in [2.05, 4.69) is 17.9 Å². The molecule has 1 heterocycles. The molecule has 4 nitrogen and oxygen atoms in total. The molecular weight excluding hydrogens is 252 g/mol. The molecule has 1 aromatic carbocycles. The van der Waals surface area contributed by atoms with Gasteiger partial charge in [-0.1, -0.05) is 12.1 Å². The molecule has 0 spiro atoms. The minimum atomic E-state index is -0.279. The number of hydrogen-bond acceptors (Lipinski definition) is 4. The molecule has 1 aliphatic heterocycles. The van der Waals surface area contributed by atoms with E-state index in [1.54, 1.807) is 6.07 Å². The fourth-order valence-corrected chi connectivity index (χ4v) is 2.82. The number of ether oxygens (including phenoxy) is 1. The maximum absolute atomic E-state index is 11.6. The minimum Gasteiger partial charge on any atom is -0.465 e. The van der Waals surface area contributed by atoms with Gasteiger partial charge in [-0.2, -0.15) is 0 Å². The first-order valence-corrected chi connectivity index (χ1v) is 7.25. The third-order valence-corrected chi connectivity index (χ3v) is 4.18. The van der Waals surface area contributed by atoms with Crippen molar-refractivity contribution in [1.29, 1.82) is 0 Å². The predicted molar refractivity (Wildman–Crippen MR) is 79.4 cm³/mol. The van der Waals surface area contributed by atoms with Gasteiger partial charge < -0.3 is 10.5 Å². The van der Waals surface area contributed by atoms with Crippen molar-refractivity contribution < 1.29 is 9.53 Å². The number of benzene rings is 1. The van der Waals surface area contributed by atoms with Crippen LogP contribution in [0, 0.1) is 5.92 Å². The zero-order valence-corrected chi connectivity index (χ0v) is 12.3. The average Bonchev–Trinajstić information content (AvgIpc) is 2.49. The number of nitrogens with zero attached hydrogens (tertiary/aromatic N) is 1. The third kappa shape index (κ3) is 3.58. The van der Waals surface area contributed by atoms with E-state index in [1.165, 1.54) is 20.0 Å². The molecule has 1 aromatic rings. The molecule has 1 aliphatic rings. The lowest BCUT2D eigenvalue weighted by Crippen LogP contribution is -2.43. The number of nitrogens with two attached hydrogens (primary N) is 1. The second kappa shape index (κ2) is 6.86. The molecule has 2 rings (SSSR count). The van der Waals surface area contributed by atoms with Gasteiger partial charge in [0.1, 0.15) is 0 Å². The van der Waals surface area contributed by atoms with Gasteiger partial charge >= 0.3 is 5.97 Å². The lowest BCUT2D eigenvalue weighted by molar-refractivity contribution is 0.0600. The number of likely N-dealkylation sites (tertiary alicyclic amines) is 1. The van der Waals surface area contributed by atoms with Gasteiger partial charge in [-0.15, -0.1) is 0 Å². The summed E-state index contributed by atoms with van der Waals surface area (Å²) in [5, 5.41) is 0. The van der Waals surface area contributed by atoms with Crippen molar-refractivity contribution in [3.05, 3.63) is 35.4 Å². The Kier molecular flexibility index (Phi) is 5.15. The maximum Gasteiger partial charge on any atom is 0.337 e. The van der Waals surface area contributed by atoms with Crippen molar-refractivity contribution in [3.8, 4) is 0 Å². The quantitative estimate of drug-likeness (QED) is 0.855. The summed E-state index contributed by atoms with van der Waals surface area (Å²) in [6.07, 6.45) is 2.41. The van der Waals surface area contributed by atoms with Gasteiger partial charge in [-0.25, -0.2) is 4.79 Å². The Morgan fingerprint density at radius 2 is 2.25 bits per heavy atom. The first-order valence-electron chi connectivity index (χ1n) is 7.25. The summed E-state index contributed by atoms with van der Waals surface area (Å²) in [5.41, 5.74) is 7.56. The van der Waals surface area contributed by atoms with Crippen LogP contribution in [-0.2, 0) is 11.3 Å². The third-order valence-electron chi connectivity index (χ3n) is 4.18. The van der Waals surface area contributed by atoms with Gasteiger partial charge in [-0.05, 0) is 49.9 Å². The Morgan fingerprint density at radius 1 is 1.45 bits per heavy atom. The summed E-state index contributed by atoms with van der Waals surface area (Å²) < 4.78 is 4.77. The van der Waals surface area contributed by atoms with E-state index in [-0.39, 0.29) is 5.97 Å². The van der Waals surface area contributed by atoms with E-state index in [0.29, 0.717) is 17.5 Å². The van der Waals surface area contributed by atoms with Crippen molar-refractivity contribution in [2.45, 2.75) is 32.4 Å². The minimum absolute atomic E-state index is 0.279. The van der Waals surface area contributed by atoms with Crippen molar-refractivity contribution in [2.75, 3.05) is 20.2 Å². The monoisotopic (exact) mass is 276 g/mol. The fourth-order valence-electron chi connectivity index (χ4n) is 2.82. The van der Waals surface area contributed by atoms with E-state index >= 15 is 0 Å². The van der Waals surface area contributed by atoms with Crippen LogP contribution >= 0.6 is 0 Å². The Hall–Kier alpha value is -1.39. The number of rotatable bonds is 4. The number of carbonyl (C=O) groups is 1. The van der Waals surface area contributed by atoms with Crippen molar-refractivity contribution in [2.24, 2.45) is 11.7 Å². The molecule has 110 valence electrons. The van der Waals surface area contributed by atoms with E-state index < -0.39 is 0 Å².